The molecule has 7 fully saturated rings. The molecular weight excluding hydrogens is 340 g/mol. The number of carbonyl (C=O) groups excluding carboxylic acids is 1. The second-order valence-electron chi connectivity index (χ2n) is 10.9. The molecule has 0 N–H and O–H groups in total. The number of hydrogen-bond acceptors (Lipinski definition) is 4. The van der Waals surface area contributed by atoms with Gasteiger partial charge in [0.25, 0.3) is 0 Å². The third kappa shape index (κ3) is 2.20. The molecular formula is C23H30O4. The van der Waals surface area contributed by atoms with Crippen molar-refractivity contribution in [1.82, 2.24) is 0 Å². The summed E-state index contributed by atoms with van der Waals surface area (Å²) >= 11 is 0. The molecule has 2 saturated heterocycles. The van der Waals surface area contributed by atoms with Crippen LogP contribution in [0, 0.1) is 47.3 Å². The Labute approximate surface area is 161 Å². The van der Waals surface area contributed by atoms with Crippen LogP contribution in [0.25, 0.3) is 0 Å². The lowest BCUT2D eigenvalue weighted by molar-refractivity contribution is -0.213. The summed E-state index contributed by atoms with van der Waals surface area (Å²) in [6.45, 7) is 0.152. The third-order valence-electron chi connectivity index (χ3n) is 9.46. The van der Waals surface area contributed by atoms with Gasteiger partial charge in [0, 0.05) is 0 Å². The van der Waals surface area contributed by atoms with Gasteiger partial charge in [0.05, 0.1) is 23.7 Å². The molecule has 7 atom stereocenters. The molecule has 5 saturated carbocycles. The summed E-state index contributed by atoms with van der Waals surface area (Å²) in [5.41, 5.74) is 0.0146. The number of allylic oxidation sites excluding steroid dienone is 2. The molecule has 0 aromatic carbocycles. The molecule has 146 valence electrons. The van der Waals surface area contributed by atoms with Crippen molar-refractivity contribution in [2.45, 2.75) is 69.2 Å². The molecule has 2 aliphatic heterocycles. The normalized spacial score (nSPS) is 58.2. The van der Waals surface area contributed by atoms with Gasteiger partial charge >= 0.3 is 5.97 Å². The monoisotopic (exact) mass is 370 g/mol. The molecule has 8 rings (SSSR count). The predicted molar refractivity (Wildman–Crippen MR) is 97.4 cm³/mol. The van der Waals surface area contributed by atoms with E-state index < -0.39 is 0 Å². The molecule has 4 nitrogen and oxygen atoms in total. The Morgan fingerprint density at radius 2 is 1.59 bits per heavy atom. The van der Waals surface area contributed by atoms with Crippen molar-refractivity contribution in [2.24, 2.45) is 47.3 Å². The molecule has 0 aromatic rings. The van der Waals surface area contributed by atoms with Gasteiger partial charge in [0.1, 0.15) is 0 Å². The van der Waals surface area contributed by atoms with Crippen LogP contribution in [0.2, 0.25) is 0 Å². The van der Waals surface area contributed by atoms with Gasteiger partial charge in [-0.05, 0) is 92.8 Å². The molecule has 27 heavy (non-hydrogen) atoms. The molecule has 8 bridgehead atoms. The maximum absolute atomic E-state index is 12.8. The van der Waals surface area contributed by atoms with Crippen molar-refractivity contribution >= 4 is 5.97 Å². The minimum atomic E-state index is -0.0718. The quantitative estimate of drug-likeness (QED) is 0.430. The zero-order chi connectivity index (χ0) is 17.8. The molecule has 0 spiro atoms. The largest absolute Gasteiger partial charge is 0.438 e. The van der Waals surface area contributed by atoms with Crippen molar-refractivity contribution in [3.05, 3.63) is 12.2 Å². The van der Waals surface area contributed by atoms with E-state index in [-0.39, 0.29) is 36.5 Å². The standard InChI is InChI=1S/C23H30O4/c24-22(17-7-18-19-15-1-2-16(6-15)20(19)21(17)27-18)25-11-26-23-8-12-3-13(9-23)5-14(4-12)10-23/h1-2,12-21H,3-11H2. The molecule has 7 unspecified atom stereocenters. The summed E-state index contributed by atoms with van der Waals surface area (Å²) in [7, 11) is 0. The Morgan fingerprint density at radius 1 is 0.926 bits per heavy atom. The molecule has 0 aromatic heterocycles. The van der Waals surface area contributed by atoms with Gasteiger partial charge in [0.15, 0.2) is 6.79 Å². The van der Waals surface area contributed by atoms with Gasteiger partial charge in [-0.1, -0.05) is 12.2 Å². The van der Waals surface area contributed by atoms with Crippen molar-refractivity contribution in [3.63, 3.8) is 0 Å². The summed E-state index contributed by atoms with van der Waals surface area (Å²) in [6, 6.07) is 0. The molecule has 4 heteroatoms. The lowest BCUT2D eigenvalue weighted by atomic mass is 9.54. The van der Waals surface area contributed by atoms with Crippen LogP contribution in [0.1, 0.15) is 51.4 Å². The summed E-state index contributed by atoms with van der Waals surface area (Å²) in [5.74, 6) is 4.98. The van der Waals surface area contributed by atoms with Crippen LogP contribution in [0.4, 0.5) is 0 Å². The predicted octanol–water partition coefficient (Wildman–Crippen LogP) is 3.70. The van der Waals surface area contributed by atoms with E-state index >= 15 is 0 Å². The van der Waals surface area contributed by atoms with Crippen LogP contribution in [0.15, 0.2) is 12.2 Å². The second kappa shape index (κ2) is 5.38. The van der Waals surface area contributed by atoms with E-state index in [9.17, 15) is 4.79 Å². The average Bonchev–Trinajstić information content (AvgIpc) is 3.39. The molecule has 0 amide bonds. The Balaban J connectivity index is 0.988. The van der Waals surface area contributed by atoms with Crippen molar-refractivity contribution in [3.8, 4) is 0 Å². The highest BCUT2D eigenvalue weighted by molar-refractivity contribution is 5.74. The maximum Gasteiger partial charge on any atom is 0.313 e. The van der Waals surface area contributed by atoms with Gasteiger partial charge in [0.2, 0.25) is 0 Å². The first-order chi connectivity index (χ1) is 13.2. The van der Waals surface area contributed by atoms with E-state index in [1.54, 1.807) is 0 Å². The van der Waals surface area contributed by atoms with Gasteiger partial charge in [-0.25, -0.2) is 0 Å². The summed E-state index contributed by atoms with van der Waals surface area (Å²) in [6.07, 6.45) is 15.1. The lowest BCUT2D eigenvalue weighted by Gasteiger charge is -2.56. The number of fused-ring (bicyclic) bond motifs is 9. The van der Waals surface area contributed by atoms with Crippen LogP contribution >= 0.6 is 0 Å². The first-order valence-corrected chi connectivity index (χ1v) is 11.3. The fraction of sp³-hybridized carbons (Fsp3) is 0.870. The number of ether oxygens (including phenoxy) is 3. The molecule has 6 aliphatic carbocycles. The number of hydrogen-bond donors (Lipinski definition) is 0. The number of carbonyl (C=O) groups is 1. The zero-order valence-corrected chi connectivity index (χ0v) is 15.9. The highest BCUT2D eigenvalue weighted by Gasteiger charge is 2.64. The van der Waals surface area contributed by atoms with E-state index in [4.69, 9.17) is 14.2 Å². The topological polar surface area (TPSA) is 44.8 Å². The molecule has 2 heterocycles. The highest BCUT2D eigenvalue weighted by atomic mass is 16.7. The first kappa shape index (κ1) is 16.0. The Morgan fingerprint density at radius 3 is 2.30 bits per heavy atom. The highest BCUT2D eigenvalue weighted by Crippen LogP contribution is 2.61. The van der Waals surface area contributed by atoms with Crippen molar-refractivity contribution in [1.29, 1.82) is 0 Å². The van der Waals surface area contributed by atoms with Crippen LogP contribution in [0.5, 0.6) is 0 Å². The van der Waals surface area contributed by atoms with E-state index in [1.165, 1.54) is 44.9 Å². The van der Waals surface area contributed by atoms with Crippen molar-refractivity contribution in [2.75, 3.05) is 6.79 Å². The van der Waals surface area contributed by atoms with Gasteiger partial charge in [-0.3, -0.25) is 4.79 Å². The van der Waals surface area contributed by atoms with E-state index in [0.717, 1.165) is 24.2 Å². The van der Waals surface area contributed by atoms with E-state index in [0.29, 0.717) is 23.7 Å². The zero-order valence-electron chi connectivity index (χ0n) is 15.9. The van der Waals surface area contributed by atoms with Crippen LogP contribution in [-0.4, -0.2) is 30.6 Å². The van der Waals surface area contributed by atoms with Gasteiger partial charge in [-0.15, -0.1) is 0 Å². The first-order valence-electron chi connectivity index (χ1n) is 11.3. The Kier molecular flexibility index (Phi) is 3.19. The molecule has 0 radical (unpaired) electrons. The Bertz CT molecular complexity index is 663. The summed E-state index contributed by atoms with van der Waals surface area (Å²) < 4.78 is 18.2. The van der Waals surface area contributed by atoms with Crippen LogP contribution in [0.3, 0.4) is 0 Å². The van der Waals surface area contributed by atoms with Gasteiger partial charge in [-0.2, -0.15) is 0 Å². The number of rotatable bonds is 4. The lowest BCUT2D eigenvalue weighted by Crippen LogP contribution is -2.52. The average molecular weight is 370 g/mol. The SMILES string of the molecule is O=C(OCOC12CC3CC(CC(C3)C1)C2)C1CC2OC1C1C3C=CC(C3)C21. The van der Waals surface area contributed by atoms with Crippen LogP contribution < -0.4 is 0 Å². The van der Waals surface area contributed by atoms with Crippen molar-refractivity contribution < 1.29 is 19.0 Å². The van der Waals surface area contributed by atoms with Gasteiger partial charge < -0.3 is 14.2 Å². The second-order valence-corrected chi connectivity index (χ2v) is 10.9. The van der Waals surface area contributed by atoms with E-state index in [2.05, 4.69) is 12.2 Å². The summed E-state index contributed by atoms with van der Waals surface area (Å²) in [5, 5.41) is 0. The fourth-order valence-corrected chi connectivity index (χ4v) is 8.99. The summed E-state index contributed by atoms with van der Waals surface area (Å²) in [4.78, 5) is 12.8. The fourth-order valence-electron chi connectivity index (χ4n) is 8.99. The third-order valence-corrected chi connectivity index (χ3v) is 9.46. The minimum absolute atomic E-state index is 0.0146. The number of esters is 1. The van der Waals surface area contributed by atoms with E-state index in [1.807, 2.05) is 0 Å². The minimum Gasteiger partial charge on any atom is -0.438 e. The Hall–Kier alpha value is -0.870. The maximum atomic E-state index is 12.8. The molecule has 8 aliphatic rings. The smallest absolute Gasteiger partial charge is 0.313 e. The van der Waals surface area contributed by atoms with Crippen LogP contribution in [-0.2, 0) is 19.0 Å².